The highest BCUT2D eigenvalue weighted by atomic mass is 32.1. The van der Waals surface area contributed by atoms with Gasteiger partial charge in [0.1, 0.15) is 0 Å². The van der Waals surface area contributed by atoms with E-state index in [4.69, 9.17) is 15.0 Å². The van der Waals surface area contributed by atoms with Crippen molar-refractivity contribution in [2.75, 3.05) is 0 Å². The predicted molar refractivity (Wildman–Crippen MR) is 232 cm³/mol. The van der Waals surface area contributed by atoms with Gasteiger partial charge in [-0.1, -0.05) is 164 Å². The first-order chi connectivity index (χ1) is 27.3. The quantitative estimate of drug-likeness (QED) is 0.166. The number of hydrogen-bond donors (Lipinski definition) is 0. The molecule has 8 aromatic carbocycles. The molecule has 0 unspecified atom stereocenters. The molecule has 0 N–H and O–H groups in total. The summed E-state index contributed by atoms with van der Waals surface area (Å²) < 4.78 is 2.52. The van der Waals surface area contributed by atoms with Gasteiger partial charge in [0.05, 0.1) is 22.6 Å². The molecule has 4 heteroatoms. The average molecular weight is 718 g/mol. The highest BCUT2D eigenvalue weighted by molar-refractivity contribution is 7.26. The van der Waals surface area contributed by atoms with E-state index < -0.39 is 0 Å². The Morgan fingerprint density at radius 3 is 1.73 bits per heavy atom. The van der Waals surface area contributed by atoms with E-state index in [-0.39, 0.29) is 0 Å². The van der Waals surface area contributed by atoms with Crippen LogP contribution in [-0.4, -0.2) is 15.0 Å². The largest absolute Gasteiger partial charge is 0.247 e. The van der Waals surface area contributed by atoms with E-state index in [9.17, 15) is 0 Å². The molecule has 0 aliphatic heterocycles. The van der Waals surface area contributed by atoms with E-state index in [1.165, 1.54) is 52.7 Å². The summed E-state index contributed by atoms with van der Waals surface area (Å²) in [6, 6.07) is 66.5. The molecular formula is C51H31N3S. The molecule has 0 radical (unpaired) electrons. The Morgan fingerprint density at radius 1 is 0.364 bits per heavy atom. The van der Waals surface area contributed by atoms with Gasteiger partial charge in [0.15, 0.2) is 5.82 Å². The van der Waals surface area contributed by atoms with Gasteiger partial charge in [0.2, 0.25) is 0 Å². The van der Waals surface area contributed by atoms with Crippen LogP contribution < -0.4 is 0 Å². The Morgan fingerprint density at radius 2 is 0.964 bits per heavy atom. The minimum absolute atomic E-state index is 0.711. The van der Waals surface area contributed by atoms with Gasteiger partial charge < -0.3 is 0 Å². The van der Waals surface area contributed by atoms with Crippen LogP contribution in [-0.2, 0) is 0 Å². The van der Waals surface area contributed by atoms with Gasteiger partial charge in [-0.15, -0.1) is 11.3 Å². The summed E-state index contributed by atoms with van der Waals surface area (Å²) in [5.41, 5.74) is 10.4. The lowest BCUT2D eigenvalue weighted by molar-refractivity contribution is 1.18. The molecule has 0 aliphatic rings. The number of nitrogens with zero attached hydrogens (tertiary/aromatic N) is 3. The highest BCUT2D eigenvalue weighted by Gasteiger charge is 2.21. The van der Waals surface area contributed by atoms with E-state index >= 15 is 0 Å². The number of benzene rings is 8. The third-order valence-electron chi connectivity index (χ3n) is 10.7. The summed E-state index contributed by atoms with van der Waals surface area (Å²) in [5.74, 6) is 0.711. The van der Waals surface area contributed by atoms with Gasteiger partial charge in [-0.2, -0.15) is 0 Å². The second kappa shape index (κ2) is 12.8. The highest BCUT2D eigenvalue weighted by Crippen LogP contribution is 2.47. The minimum atomic E-state index is 0.711. The van der Waals surface area contributed by atoms with Gasteiger partial charge in [-0.3, -0.25) is 0 Å². The Balaban J connectivity index is 1.10. The number of thiophene rings is 1. The van der Waals surface area contributed by atoms with Crippen molar-refractivity contribution in [1.82, 2.24) is 15.0 Å². The maximum absolute atomic E-state index is 5.57. The second-order valence-corrected chi connectivity index (χ2v) is 15.0. The molecule has 55 heavy (non-hydrogen) atoms. The SMILES string of the molecule is c1ccc(-c2cc(-c3ccc(-c4cccc5nc(-c6cc7ccccc7c7ccccc67)c6c7ccccc7sc6c45)cc3)nc(-c3ccccc3)n2)cc1. The molecule has 256 valence electrons. The summed E-state index contributed by atoms with van der Waals surface area (Å²) in [4.78, 5) is 15.6. The monoisotopic (exact) mass is 717 g/mol. The number of aromatic nitrogens is 3. The molecule has 0 fully saturated rings. The van der Waals surface area contributed by atoms with E-state index in [1.807, 2.05) is 47.7 Å². The van der Waals surface area contributed by atoms with Crippen molar-refractivity contribution < 1.29 is 0 Å². The van der Waals surface area contributed by atoms with Gasteiger partial charge in [0.25, 0.3) is 0 Å². The zero-order valence-electron chi connectivity index (χ0n) is 29.6. The zero-order chi connectivity index (χ0) is 36.3. The Bertz CT molecular complexity index is 3180. The first-order valence-electron chi connectivity index (χ1n) is 18.5. The van der Waals surface area contributed by atoms with Crippen molar-refractivity contribution in [2.45, 2.75) is 0 Å². The summed E-state index contributed by atoms with van der Waals surface area (Å²) >= 11 is 1.86. The molecule has 0 atom stereocenters. The molecule has 3 heterocycles. The fraction of sp³-hybridized carbons (Fsp3) is 0. The van der Waals surface area contributed by atoms with Crippen LogP contribution in [0.4, 0.5) is 0 Å². The third kappa shape index (κ3) is 5.30. The van der Waals surface area contributed by atoms with E-state index in [0.29, 0.717) is 5.82 Å². The third-order valence-corrected chi connectivity index (χ3v) is 11.9. The lowest BCUT2D eigenvalue weighted by atomic mass is 9.92. The van der Waals surface area contributed by atoms with Crippen molar-refractivity contribution >= 4 is 64.0 Å². The molecule has 0 bridgehead atoms. The number of pyridine rings is 1. The minimum Gasteiger partial charge on any atom is -0.247 e. The Kier molecular flexibility index (Phi) is 7.35. The summed E-state index contributed by atoms with van der Waals surface area (Å²) in [7, 11) is 0. The van der Waals surface area contributed by atoms with Crippen LogP contribution in [0.3, 0.4) is 0 Å². The molecule has 3 aromatic heterocycles. The molecule has 0 aliphatic carbocycles. The van der Waals surface area contributed by atoms with Gasteiger partial charge >= 0.3 is 0 Å². The second-order valence-electron chi connectivity index (χ2n) is 13.9. The molecule has 0 saturated heterocycles. The Labute approximate surface area is 321 Å². The standard InChI is InChI=1S/C51H31N3S/c1-3-14-33(15-4-1)44-31-45(54-51(53-44)35-16-5-2-6-17-35)34-28-26-32(27-29-34)38-23-13-24-43-47(38)50-48(41-22-11-12-25-46(41)55-50)49(52-43)42-30-36-18-7-8-19-37(36)39-20-9-10-21-40(39)42/h1-31H. The van der Waals surface area contributed by atoms with Crippen molar-refractivity contribution in [2.24, 2.45) is 0 Å². The van der Waals surface area contributed by atoms with E-state index in [0.717, 1.165) is 50.4 Å². The zero-order valence-corrected chi connectivity index (χ0v) is 30.5. The molecule has 11 aromatic rings. The summed E-state index contributed by atoms with van der Waals surface area (Å²) in [5, 5.41) is 8.56. The van der Waals surface area contributed by atoms with Crippen LogP contribution >= 0.6 is 11.3 Å². The van der Waals surface area contributed by atoms with Gasteiger partial charge in [-0.25, -0.2) is 15.0 Å². The first-order valence-corrected chi connectivity index (χ1v) is 19.3. The molecule has 0 amide bonds. The van der Waals surface area contributed by atoms with Crippen LogP contribution in [0.2, 0.25) is 0 Å². The first kappa shape index (κ1) is 31.5. The lowest BCUT2D eigenvalue weighted by Gasteiger charge is -2.15. The van der Waals surface area contributed by atoms with Gasteiger partial charge in [-0.05, 0) is 56.9 Å². The van der Waals surface area contributed by atoms with Crippen molar-refractivity contribution in [3.63, 3.8) is 0 Å². The Hall–Kier alpha value is -7.01. The fourth-order valence-corrected chi connectivity index (χ4v) is 9.35. The normalized spacial score (nSPS) is 11.6. The van der Waals surface area contributed by atoms with Crippen LogP contribution in [0.15, 0.2) is 188 Å². The smallest absolute Gasteiger partial charge is 0.160 e. The van der Waals surface area contributed by atoms with Crippen molar-refractivity contribution in [3.05, 3.63) is 188 Å². The number of rotatable bonds is 5. The molecule has 0 saturated carbocycles. The van der Waals surface area contributed by atoms with Crippen molar-refractivity contribution in [3.8, 4) is 56.3 Å². The van der Waals surface area contributed by atoms with Crippen molar-refractivity contribution in [1.29, 1.82) is 0 Å². The van der Waals surface area contributed by atoms with Crippen LogP contribution in [0, 0.1) is 0 Å². The molecule has 3 nitrogen and oxygen atoms in total. The molecular weight excluding hydrogens is 687 g/mol. The summed E-state index contributed by atoms with van der Waals surface area (Å²) in [6.45, 7) is 0. The maximum atomic E-state index is 5.57. The van der Waals surface area contributed by atoms with Crippen LogP contribution in [0.25, 0.3) is 109 Å². The lowest BCUT2D eigenvalue weighted by Crippen LogP contribution is -1.96. The van der Waals surface area contributed by atoms with Crippen LogP contribution in [0.1, 0.15) is 0 Å². The molecule has 11 rings (SSSR count). The average Bonchev–Trinajstić information content (AvgIpc) is 3.66. The maximum Gasteiger partial charge on any atom is 0.160 e. The fourth-order valence-electron chi connectivity index (χ4n) is 8.08. The van der Waals surface area contributed by atoms with Gasteiger partial charge in [0, 0.05) is 47.8 Å². The molecule has 0 spiro atoms. The number of fused-ring (bicyclic) bond motifs is 8. The topological polar surface area (TPSA) is 38.7 Å². The summed E-state index contributed by atoms with van der Waals surface area (Å²) in [6.07, 6.45) is 0. The predicted octanol–water partition coefficient (Wildman–Crippen LogP) is 14.0. The van der Waals surface area contributed by atoms with E-state index in [2.05, 4.69) is 152 Å². The van der Waals surface area contributed by atoms with E-state index in [1.54, 1.807) is 0 Å². The number of hydrogen-bond acceptors (Lipinski definition) is 4. The van der Waals surface area contributed by atoms with Crippen LogP contribution in [0.5, 0.6) is 0 Å².